The summed E-state index contributed by atoms with van der Waals surface area (Å²) in [5.74, 6) is 0.965. The molecule has 3 rings (SSSR count). The molecule has 2 aromatic rings. The highest BCUT2D eigenvalue weighted by Gasteiger charge is 2.21. The Balaban J connectivity index is 1.94. The van der Waals surface area contributed by atoms with Crippen LogP contribution in [0.3, 0.4) is 0 Å². The van der Waals surface area contributed by atoms with Crippen molar-refractivity contribution in [2.75, 3.05) is 11.9 Å². The van der Waals surface area contributed by atoms with Gasteiger partial charge in [-0.2, -0.15) is 0 Å². The van der Waals surface area contributed by atoms with Crippen LogP contribution in [0.4, 0.5) is 5.69 Å². The third-order valence-corrected chi connectivity index (χ3v) is 3.35. The Bertz CT molecular complexity index is 563. The maximum atomic E-state index is 6.12. The van der Waals surface area contributed by atoms with Crippen LogP contribution in [0.25, 0.3) is 0 Å². The van der Waals surface area contributed by atoms with Crippen LogP contribution in [0.5, 0.6) is 5.75 Å². The molecule has 0 saturated heterocycles. The Labute approximate surface area is 108 Å². The fourth-order valence-corrected chi connectivity index (χ4v) is 2.49. The van der Waals surface area contributed by atoms with Gasteiger partial charge in [-0.3, -0.25) is 0 Å². The summed E-state index contributed by atoms with van der Waals surface area (Å²) < 4.78 is 6.12. The van der Waals surface area contributed by atoms with Crippen LogP contribution < -0.4 is 10.1 Å². The van der Waals surface area contributed by atoms with Gasteiger partial charge in [0.25, 0.3) is 0 Å². The quantitative estimate of drug-likeness (QED) is 0.816. The van der Waals surface area contributed by atoms with Crippen LogP contribution >= 0.6 is 0 Å². The molecule has 2 heteroatoms. The number of nitrogens with one attached hydrogen (secondary N) is 1. The first-order chi connectivity index (χ1) is 8.74. The van der Waals surface area contributed by atoms with Crippen molar-refractivity contribution in [2.24, 2.45) is 0 Å². The Morgan fingerprint density at radius 2 is 1.89 bits per heavy atom. The van der Waals surface area contributed by atoms with E-state index in [0.29, 0.717) is 0 Å². The number of aryl methyl sites for hydroxylation is 2. The Morgan fingerprint density at radius 1 is 1.11 bits per heavy atom. The molecule has 1 unspecified atom stereocenters. The van der Waals surface area contributed by atoms with Gasteiger partial charge in [-0.15, -0.1) is 0 Å². The second-order valence-electron chi connectivity index (χ2n) is 4.85. The Kier molecular flexibility index (Phi) is 2.71. The van der Waals surface area contributed by atoms with Gasteiger partial charge in [0.05, 0.1) is 12.2 Å². The molecule has 0 aliphatic carbocycles. The first-order valence-electron chi connectivity index (χ1n) is 6.31. The van der Waals surface area contributed by atoms with E-state index in [-0.39, 0.29) is 6.10 Å². The molecule has 0 aromatic heterocycles. The summed E-state index contributed by atoms with van der Waals surface area (Å²) in [4.78, 5) is 0. The summed E-state index contributed by atoms with van der Waals surface area (Å²) in [5.41, 5.74) is 4.83. The van der Waals surface area contributed by atoms with E-state index in [9.17, 15) is 0 Å². The second-order valence-corrected chi connectivity index (χ2v) is 4.85. The fourth-order valence-electron chi connectivity index (χ4n) is 2.49. The minimum atomic E-state index is 0.0971. The van der Waals surface area contributed by atoms with Gasteiger partial charge in [0.1, 0.15) is 11.9 Å². The van der Waals surface area contributed by atoms with E-state index in [0.717, 1.165) is 18.0 Å². The van der Waals surface area contributed by atoms with Gasteiger partial charge in [-0.25, -0.2) is 0 Å². The standard InChI is InChI=1S/C16H17NO/c1-11-8-12(2)16-14(9-11)18-15(10-17-16)13-6-4-3-5-7-13/h3-9,15,17H,10H2,1-2H3. The van der Waals surface area contributed by atoms with Gasteiger partial charge in [-0.05, 0) is 36.6 Å². The average molecular weight is 239 g/mol. The highest BCUT2D eigenvalue weighted by molar-refractivity contribution is 5.64. The lowest BCUT2D eigenvalue weighted by Gasteiger charge is -2.29. The lowest BCUT2D eigenvalue weighted by atomic mass is 10.0. The average Bonchev–Trinajstić information content (AvgIpc) is 2.39. The van der Waals surface area contributed by atoms with E-state index in [2.05, 4.69) is 55.6 Å². The Hall–Kier alpha value is -1.96. The Morgan fingerprint density at radius 3 is 2.67 bits per heavy atom. The summed E-state index contributed by atoms with van der Waals surface area (Å²) in [6.07, 6.45) is 0.0971. The van der Waals surface area contributed by atoms with Gasteiger partial charge >= 0.3 is 0 Å². The molecule has 0 saturated carbocycles. The van der Waals surface area contributed by atoms with Crippen LogP contribution in [0.2, 0.25) is 0 Å². The van der Waals surface area contributed by atoms with Crippen molar-refractivity contribution in [1.82, 2.24) is 0 Å². The van der Waals surface area contributed by atoms with E-state index in [1.54, 1.807) is 0 Å². The zero-order valence-corrected chi connectivity index (χ0v) is 10.7. The molecule has 1 heterocycles. The van der Waals surface area contributed by atoms with Crippen LogP contribution in [0, 0.1) is 13.8 Å². The molecule has 2 aromatic carbocycles. The van der Waals surface area contributed by atoms with Crippen molar-refractivity contribution in [1.29, 1.82) is 0 Å². The molecule has 1 atom stereocenters. The third kappa shape index (κ3) is 1.94. The van der Waals surface area contributed by atoms with Gasteiger partial charge in [0.15, 0.2) is 0 Å². The van der Waals surface area contributed by atoms with Crippen molar-refractivity contribution < 1.29 is 4.74 Å². The molecule has 0 radical (unpaired) electrons. The lowest BCUT2D eigenvalue weighted by Crippen LogP contribution is -2.24. The predicted molar refractivity (Wildman–Crippen MR) is 74.2 cm³/mol. The molecule has 0 amide bonds. The first-order valence-corrected chi connectivity index (χ1v) is 6.31. The SMILES string of the molecule is Cc1cc(C)c2c(c1)OC(c1ccccc1)CN2. The van der Waals surface area contributed by atoms with Crippen LogP contribution in [-0.4, -0.2) is 6.54 Å². The van der Waals surface area contributed by atoms with E-state index < -0.39 is 0 Å². The van der Waals surface area contributed by atoms with Crippen molar-refractivity contribution in [3.05, 3.63) is 59.2 Å². The molecule has 0 fully saturated rings. The number of hydrogen-bond donors (Lipinski definition) is 1. The molecule has 18 heavy (non-hydrogen) atoms. The summed E-state index contributed by atoms with van der Waals surface area (Å²) in [6, 6.07) is 14.6. The minimum absolute atomic E-state index is 0.0971. The molecular weight excluding hydrogens is 222 g/mol. The largest absolute Gasteiger partial charge is 0.482 e. The van der Waals surface area contributed by atoms with Gasteiger partial charge < -0.3 is 10.1 Å². The van der Waals surface area contributed by atoms with Crippen molar-refractivity contribution >= 4 is 5.69 Å². The summed E-state index contributed by atoms with van der Waals surface area (Å²) in [7, 11) is 0. The maximum absolute atomic E-state index is 6.12. The minimum Gasteiger partial charge on any atom is -0.482 e. The van der Waals surface area contributed by atoms with Crippen LogP contribution in [0.15, 0.2) is 42.5 Å². The number of fused-ring (bicyclic) bond motifs is 1. The summed E-state index contributed by atoms with van der Waals surface area (Å²) >= 11 is 0. The third-order valence-electron chi connectivity index (χ3n) is 3.35. The fraction of sp³-hybridized carbons (Fsp3) is 0.250. The zero-order valence-electron chi connectivity index (χ0n) is 10.7. The smallest absolute Gasteiger partial charge is 0.143 e. The van der Waals surface area contributed by atoms with Gasteiger partial charge in [0, 0.05) is 0 Å². The number of rotatable bonds is 1. The van der Waals surface area contributed by atoms with Gasteiger partial charge in [0.2, 0.25) is 0 Å². The molecule has 1 N–H and O–H groups in total. The predicted octanol–water partition coefficient (Wildman–Crippen LogP) is 3.85. The summed E-state index contributed by atoms with van der Waals surface area (Å²) in [5, 5.41) is 3.48. The molecule has 2 nitrogen and oxygen atoms in total. The number of ether oxygens (including phenoxy) is 1. The second kappa shape index (κ2) is 4.37. The van der Waals surface area contributed by atoms with Crippen LogP contribution in [0.1, 0.15) is 22.8 Å². The van der Waals surface area contributed by atoms with E-state index in [1.165, 1.54) is 16.7 Å². The molecule has 1 aliphatic rings. The topological polar surface area (TPSA) is 21.3 Å². The van der Waals surface area contributed by atoms with Crippen molar-refractivity contribution in [2.45, 2.75) is 20.0 Å². The maximum Gasteiger partial charge on any atom is 0.143 e. The zero-order chi connectivity index (χ0) is 12.5. The highest BCUT2D eigenvalue weighted by Crippen LogP contribution is 2.37. The van der Waals surface area contributed by atoms with E-state index in [1.807, 2.05) is 6.07 Å². The normalized spacial score (nSPS) is 17.6. The monoisotopic (exact) mass is 239 g/mol. The van der Waals surface area contributed by atoms with Gasteiger partial charge in [-0.1, -0.05) is 36.4 Å². The number of anilines is 1. The van der Waals surface area contributed by atoms with E-state index >= 15 is 0 Å². The lowest BCUT2D eigenvalue weighted by molar-refractivity contribution is 0.210. The van der Waals surface area contributed by atoms with Crippen molar-refractivity contribution in [3.63, 3.8) is 0 Å². The van der Waals surface area contributed by atoms with Crippen molar-refractivity contribution in [3.8, 4) is 5.75 Å². The van der Waals surface area contributed by atoms with E-state index in [4.69, 9.17) is 4.74 Å². The number of benzene rings is 2. The molecule has 0 spiro atoms. The molecule has 0 bridgehead atoms. The molecule has 1 aliphatic heterocycles. The summed E-state index contributed by atoms with van der Waals surface area (Å²) in [6.45, 7) is 5.04. The molecular formula is C16H17NO. The molecule has 92 valence electrons. The number of hydrogen-bond acceptors (Lipinski definition) is 2. The highest BCUT2D eigenvalue weighted by atomic mass is 16.5. The van der Waals surface area contributed by atoms with Crippen LogP contribution in [-0.2, 0) is 0 Å². The first kappa shape index (κ1) is 11.1.